The molecule has 0 saturated carbocycles. The minimum Gasteiger partial charge on any atom is -0.332 e. The number of aromatic nitrogens is 1. The highest BCUT2D eigenvalue weighted by atomic mass is 32.1. The summed E-state index contributed by atoms with van der Waals surface area (Å²) in [5.74, 6) is -0.203. The van der Waals surface area contributed by atoms with Crippen molar-refractivity contribution in [2.24, 2.45) is 0 Å². The summed E-state index contributed by atoms with van der Waals surface area (Å²) < 4.78 is 2.12. The van der Waals surface area contributed by atoms with Crippen LogP contribution in [0.2, 0.25) is 0 Å². The van der Waals surface area contributed by atoms with Crippen molar-refractivity contribution < 1.29 is 4.79 Å². The van der Waals surface area contributed by atoms with Gasteiger partial charge in [0, 0.05) is 23.0 Å². The zero-order valence-electron chi connectivity index (χ0n) is 15.5. The third-order valence-electron chi connectivity index (χ3n) is 4.56. The zero-order chi connectivity index (χ0) is 19.7. The van der Waals surface area contributed by atoms with Gasteiger partial charge in [0.05, 0.1) is 4.88 Å². The molecule has 0 aliphatic rings. The van der Waals surface area contributed by atoms with Gasteiger partial charge in [-0.05, 0) is 61.5 Å². The van der Waals surface area contributed by atoms with Crippen molar-refractivity contribution in [1.82, 2.24) is 9.88 Å². The molecule has 0 aliphatic carbocycles. The number of thiophene rings is 1. The lowest BCUT2D eigenvalue weighted by Gasteiger charge is -2.10. The Kier molecular flexibility index (Phi) is 4.98. The first-order chi connectivity index (χ1) is 13.5. The summed E-state index contributed by atoms with van der Waals surface area (Å²) in [7, 11) is 0. The van der Waals surface area contributed by atoms with Crippen molar-refractivity contribution >= 4 is 50.5 Å². The molecule has 0 aliphatic heterocycles. The highest BCUT2D eigenvalue weighted by Crippen LogP contribution is 2.32. The Balaban J connectivity index is 1.57. The van der Waals surface area contributed by atoms with Gasteiger partial charge in [0.2, 0.25) is 0 Å². The molecule has 4 rings (SSSR count). The van der Waals surface area contributed by atoms with Gasteiger partial charge in [0.1, 0.15) is 4.83 Å². The van der Waals surface area contributed by atoms with Crippen LogP contribution in [0.3, 0.4) is 0 Å². The van der Waals surface area contributed by atoms with E-state index < -0.39 is 0 Å². The van der Waals surface area contributed by atoms with Crippen LogP contribution in [0.25, 0.3) is 15.9 Å². The van der Waals surface area contributed by atoms with E-state index in [1.54, 1.807) is 0 Å². The Morgan fingerprint density at radius 1 is 1.00 bits per heavy atom. The van der Waals surface area contributed by atoms with E-state index in [0.29, 0.717) is 9.99 Å². The van der Waals surface area contributed by atoms with Crippen molar-refractivity contribution in [2.45, 2.75) is 13.8 Å². The number of aryl methyl sites for hydroxylation is 2. The summed E-state index contributed by atoms with van der Waals surface area (Å²) in [6.07, 6.45) is 2.10. The Morgan fingerprint density at radius 3 is 2.46 bits per heavy atom. The lowest BCUT2D eigenvalue weighted by Crippen LogP contribution is -2.33. The van der Waals surface area contributed by atoms with Gasteiger partial charge >= 0.3 is 0 Å². The molecule has 2 aromatic heterocycles. The maximum atomic E-state index is 12.7. The molecule has 28 heavy (non-hydrogen) atoms. The maximum Gasteiger partial charge on any atom is 0.267 e. The standard InChI is InChI=1S/C22H19N3OS2/c1-14-8-6-7-11-18(14)23-22(27)24-20(26)19-12-17-15(2)13-25(21(17)28-19)16-9-4-3-5-10-16/h3-13H,1-2H3,(H2,23,24,26,27). The van der Waals surface area contributed by atoms with E-state index in [-0.39, 0.29) is 5.91 Å². The summed E-state index contributed by atoms with van der Waals surface area (Å²) in [4.78, 5) is 14.4. The Morgan fingerprint density at radius 2 is 1.71 bits per heavy atom. The van der Waals surface area contributed by atoms with Gasteiger partial charge in [-0.25, -0.2) is 0 Å². The number of anilines is 1. The fourth-order valence-corrected chi connectivity index (χ4v) is 4.41. The number of carbonyl (C=O) groups excluding carboxylic acids is 1. The van der Waals surface area contributed by atoms with E-state index in [4.69, 9.17) is 12.2 Å². The number of nitrogens with one attached hydrogen (secondary N) is 2. The van der Waals surface area contributed by atoms with Crippen LogP contribution >= 0.6 is 23.6 Å². The number of nitrogens with zero attached hydrogens (tertiary/aromatic N) is 1. The van der Waals surface area contributed by atoms with Crippen LogP contribution in [-0.4, -0.2) is 15.6 Å². The molecule has 1 amide bonds. The molecule has 6 heteroatoms. The van der Waals surface area contributed by atoms with E-state index in [0.717, 1.165) is 32.7 Å². The number of rotatable bonds is 3. The van der Waals surface area contributed by atoms with Gasteiger partial charge in [-0.2, -0.15) is 0 Å². The molecule has 2 aromatic carbocycles. The third kappa shape index (κ3) is 3.56. The van der Waals surface area contributed by atoms with Gasteiger partial charge < -0.3 is 9.88 Å². The molecule has 0 spiro atoms. The normalized spacial score (nSPS) is 10.8. The predicted molar refractivity (Wildman–Crippen MR) is 121 cm³/mol. The summed E-state index contributed by atoms with van der Waals surface area (Å²) in [6.45, 7) is 4.05. The number of para-hydroxylation sites is 2. The molecule has 0 saturated heterocycles. The van der Waals surface area contributed by atoms with Gasteiger partial charge in [-0.1, -0.05) is 36.4 Å². The molecule has 140 valence electrons. The average Bonchev–Trinajstić information content (AvgIpc) is 3.25. The first kappa shape index (κ1) is 18.4. The zero-order valence-corrected chi connectivity index (χ0v) is 17.2. The highest BCUT2D eigenvalue weighted by Gasteiger charge is 2.17. The molecule has 0 unspecified atom stereocenters. The van der Waals surface area contributed by atoms with E-state index >= 15 is 0 Å². The molecular weight excluding hydrogens is 386 g/mol. The number of carbonyl (C=O) groups is 1. The smallest absolute Gasteiger partial charge is 0.267 e. The highest BCUT2D eigenvalue weighted by molar-refractivity contribution is 7.80. The SMILES string of the molecule is Cc1ccccc1NC(=S)NC(=O)c1cc2c(C)cn(-c3ccccc3)c2s1. The summed E-state index contributed by atoms with van der Waals surface area (Å²) in [5, 5.41) is 7.24. The van der Waals surface area contributed by atoms with Crippen LogP contribution in [0.1, 0.15) is 20.8 Å². The minimum atomic E-state index is -0.203. The van der Waals surface area contributed by atoms with E-state index in [1.165, 1.54) is 11.3 Å². The predicted octanol–water partition coefficient (Wildman–Crippen LogP) is 5.44. The topological polar surface area (TPSA) is 46.1 Å². The Bertz CT molecular complexity index is 1180. The second-order valence-electron chi connectivity index (χ2n) is 6.57. The second-order valence-corrected chi connectivity index (χ2v) is 8.01. The van der Waals surface area contributed by atoms with Crippen molar-refractivity contribution in [1.29, 1.82) is 0 Å². The lowest BCUT2D eigenvalue weighted by molar-refractivity contribution is 0.0981. The number of fused-ring (bicyclic) bond motifs is 1. The van der Waals surface area contributed by atoms with Crippen molar-refractivity contribution in [2.75, 3.05) is 5.32 Å². The molecule has 0 bridgehead atoms. The maximum absolute atomic E-state index is 12.7. The second kappa shape index (κ2) is 7.58. The monoisotopic (exact) mass is 405 g/mol. The van der Waals surface area contributed by atoms with E-state index in [9.17, 15) is 4.79 Å². The molecule has 0 fully saturated rings. The molecular formula is C22H19N3OS2. The van der Waals surface area contributed by atoms with Gasteiger partial charge in [0.15, 0.2) is 5.11 Å². The Labute approximate surface area is 172 Å². The number of benzene rings is 2. The van der Waals surface area contributed by atoms with Gasteiger partial charge in [-0.3, -0.25) is 10.1 Å². The van der Waals surface area contributed by atoms with Crippen LogP contribution in [-0.2, 0) is 0 Å². The van der Waals surface area contributed by atoms with E-state index in [2.05, 4.69) is 40.5 Å². The third-order valence-corrected chi connectivity index (χ3v) is 5.89. The number of hydrogen-bond acceptors (Lipinski definition) is 3. The summed E-state index contributed by atoms with van der Waals surface area (Å²) in [5.41, 5.74) is 4.16. The first-order valence-corrected chi connectivity index (χ1v) is 10.1. The van der Waals surface area contributed by atoms with Crippen LogP contribution < -0.4 is 10.6 Å². The quantitative estimate of drug-likeness (QED) is 0.447. The Hall–Kier alpha value is -2.96. The number of hydrogen-bond donors (Lipinski definition) is 2. The van der Waals surface area contributed by atoms with Crippen LogP contribution in [0.4, 0.5) is 5.69 Å². The fraction of sp³-hybridized carbons (Fsp3) is 0.0909. The van der Waals surface area contributed by atoms with Crippen molar-refractivity contribution in [3.63, 3.8) is 0 Å². The molecule has 2 heterocycles. The molecule has 4 nitrogen and oxygen atoms in total. The lowest BCUT2D eigenvalue weighted by atomic mass is 10.2. The van der Waals surface area contributed by atoms with E-state index in [1.807, 2.05) is 55.5 Å². The van der Waals surface area contributed by atoms with Crippen LogP contribution in [0, 0.1) is 13.8 Å². The number of amides is 1. The fourth-order valence-electron chi connectivity index (χ4n) is 3.09. The largest absolute Gasteiger partial charge is 0.332 e. The van der Waals surface area contributed by atoms with Gasteiger partial charge in [0.25, 0.3) is 5.91 Å². The summed E-state index contributed by atoms with van der Waals surface area (Å²) >= 11 is 6.78. The van der Waals surface area contributed by atoms with Crippen molar-refractivity contribution in [3.8, 4) is 5.69 Å². The number of thiocarbonyl (C=S) groups is 1. The molecule has 2 N–H and O–H groups in total. The molecule has 0 radical (unpaired) electrons. The summed E-state index contributed by atoms with van der Waals surface area (Å²) in [6, 6.07) is 19.9. The van der Waals surface area contributed by atoms with Crippen LogP contribution in [0.5, 0.6) is 0 Å². The molecule has 0 atom stereocenters. The van der Waals surface area contributed by atoms with Crippen molar-refractivity contribution in [3.05, 3.63) is 82.9 Å². The van der Waals surface area contributed by atoms with Gasteiger partial charge in [-0.15, -0.1) is 11.3 Å². The minimum absolute atomic E-state index is 0.203. The average molecular weight is 406 g/mol. The van der Waals surface area contributed by atoms with Crippen LogP contribution in [0.15, 0.2) is 66.9 Å². The first-order valence-electron chi connectivity index (χ1n) is 8.88. The molecule has 4 aromatic rings.